The predicted molar refractivity (Wildman–Crippen MR) is 193 cm³/mol. The van der Waals surface area contributed by atoms with Crippen molar-refractivity contribution in [3.05, 3.63) is 125 Å². The van der Waals surface area contributed by atoms with Crippen molar-refractivity contribution in [1.82, 2.24) is 9.88 Å². The van der Waals surface area contributed by atoms with Crippen molar-refractivity contribution in [3.8, 4) is 0 Å². The number of carbonyl (C=O) groups excluding carboxylic acids is 2. The number of aromatic nitrogens is 1. The molecule has 298 valence electrons. The summed E-state index contributed by atoms with van der Waals surface area (Å²) >= 11 is 0. The van der Waals surface area contributed by atoms with E-state index in [1.165, 1.54) is 36.4 Å². The van der Waals surface area contributed by atoms with E-state index >= 15 is 0 Å². The van der Waals surface area contributed by atoms with Gasteiger partial charge in [0.15, 0.2) is 0 Å². The van der Waals surface area contributed by atoms with Gasteiger partial charge < -0.3 is 29.9 Å². The van der Waals surface area contributed by atoms with Crippen LogP contribution in [0.4, 0.5) is 38.1 Å². The number of aryl methyl sites for hydroxylation is 1. The van der Waals surface area contributed by atoms with Crippen LogP contribution in [0.1, 0.15) is 52.7 Å². The number of carbonyl (C=O) groups is 3. The number of halogens is 5. The minimum absolute atomic E-state index is 0.0215. The normalized spacial score (nSPS) is 14.8. The number of nitrogens with zero attached hydrogens (tertiary/aromatic N) is 3. The van der Waals surface area contributed by atoms with Gasteiger partial charge in [-0.1, -0.05) is 36.4 Å². The molecule has 1 saturated carbocycles. The van der Waals surface area contributed by atoms with Gasteiger partial charge in [-0.3, -0.25) is 4.98 Å². The molecule has 1 fully saturated rings. The fourth-order valence-electron chi connectivity index (χ4n) is 5.43. The standard InChI is InChI=1S/C30H34FN3O5.C7H4FNO.C2HF3O2/c1-21-6-2-8-23(28(21)29(35)36)20-39-27-12-4-11-26(17-27)38-15-14-34(19-22-7-5-13-32-18-22)30(37)33-25-10-3-9-24(31)16-25;8-6-2-1-3-7(4-6)9-5-10;3-2(4,5)1(6)7/h2-3,5-10,13,16,18,26-27H,4,11-12,14-15,17,19-20H2,1H3,(H,33,37)(H,35,36);1-4H;(H,6,7)/t26-,27+;;/m1../s1. The van der Waals surface area contributed by atoms with E-state index in [9.17, 15) is 41.4 Å². The molecule has 56 heavy (non-hydrogen) atoms. The molecule has 5 rings (SSSR count). The Balaban J connectivity index is 0.000000408. The highest BCUT2D eigenvalue weighted by molar-refractivity contribution is 5.91. The third-order valence-electron chi connectivity index (χ3n) is 8.03. The number of hydrogen-bond donors (Lipinski definition) is 3. The second-order valence-corrected chi connectivity index (χ2v) is 12.2. The van der Waals surface area contributed by atoms with E-state index in [0.29, 0.717) is 48.5 Å². The van der Waals surface area contributed by atoms with Gasteiger partial charge in [-0.25, -0.2) is 28.0 Å². The van der Waals surface area contributed by atoms with Gasteiger partial charge >= 0.3 is 24.1 Å². The number of benzene rings is 3. The van der Waals surface area contributed by atoms with E-state index < -0.39 is 29.7 Å². The van der Waals surface area contributed by atoms with Crippen molar-refractivity contribution in [1.29, 1.82) is 0 Å². The summed E-state index contributed by atoms with van der Waals surface area (Å²) in [4.78, 5) is 52.2. The molecule has 0 unspecified atom stereocenters. The lowest BCUT2D eigenvalue weighted by Gasteiger charge is -2.30. The first-order chi connectivity index (χ1) is 26.7. The van der Waals surface area contributed by atoms with Crippen molar-refractivity contribution in [3.63, 3.8) is 0 Å². The van der Waals surface area contributed by atoms with Crippen molar-refractivity contribution >= 4 is 35.4 Å². The topological polar surface area (TPSA) is 168 Å². The molecule has 3 N–H and O–H groups in total. The Bertz CT molecular complexity index is 1940. The molecule has 2 atom stereocenters. The number of rotatable bonds is 12. The smallest absolute Gasteiger partial charge is 0.478 e. The van der Waals surface area contributed by atoms with E-state index in [4.69, 9.17) is 19.4 Å². The Hall–Kier alpha value is -6.03. The van der Waals surface area contributed by atoms with Crippen LogP contribution in [-0.2, 0) is 32.2 Å². The molecular weight excluding hydrogens is 747 g/mol. The number of isocyanates is 1. The lowest BCUT2D eigenvalue weighted by atomic mass is 9.94. The van der Waals surface area contributed by atoms with Gasteiger partial charge in [-0.15, -0.1) is 0 Å². The number of aliphatic imine (C=N–C) groups is 1. The molecule has 1 heterocycles. The first kappa shape index (κ1) is 44.4. The summed E-state index contributed by atoms with van der Waals surface area (Å²) in [5, 5.41) is 19.4. The van der Waals surface area contributed by atoms with Crippen LogP contribution >= 0.6 is 0 Å². The molecule has 1 aliphatic carbocycles. The second-order valence-electron chi connectivity index (χ2n) is 12.2. The molecule has 0 radical (unpaired) electrons. The van der Waals surface area contributed by atoms with E-state index in [1.54, 1.807) is 48.5 Å². The molecule has 0 spiro atoms. The monoisotopic (exact) mass is 786 g/mol. The maximum Gasteiger partial charge on any atom is 0.490 e. The molecule has 17 heteroatoms. The molecule has 12 nitrogen and oxygen atoms in total. The number of carboxylic acid groups (broad SMARTS) is 2. The maximum absolute atomic E-state index is 13.6. The van der Waals surface area contributed by atoms with Crippen molar-refractivity contribution in [2.24, 2.45) is 4.99 Å². The van der Waals surface area contributed by atoms with Crippen LogP contribution < -0.4 is 5.32 Å². The highest BCUT2D eigenvalue weighted by Gasteiger charge is 2.38. The zero-order chi connectivity index (χ0) is 41.1. The first-order valence-electron chi connectivity index (χ1n) is 17.0. The zero-order valence-corrected chi connectivity index (χ0v) is 30.0. The maximum atomic E-state index is 13.6. The average Bonchev–Trinajstić information content (AvgIpc) is 3.14. The van der Waals surface area contributed by atoms with Gasteiger partial charge in [0.25, 0.3) is 0 Å². The Morgan fingerprint density at radius 3 is 2.21 bits per heavy atom. The molecule has 4 aromatic rings. The summed E-state index contributed by atoms with van der Waals surface area (Å²) in [6.45, 7) is 3.02. The average molecular weight is 787 g/mol. The number of ether oxygens (including phenoxy) is 2. The largest absolute Gasteiger partial charge is 0.490 e. The molecule has 0 saturated heterocycles. The summed E-state index contributed by atoms with van der Waals surface area (Å²) < 4.78 is 69.9. The van der Waals surface area contributed by atoms with Crippen LogP contribution in [0.25, 0.3) is 0 Å². The van der Waals surface area contributed by atoms with Gasteiger partial charge in [0, 0.05) is 37.2 Å². The van der Waals surface area contributed by atoms with Crippen molar-refractivity contribution < 1.29 is 60.8 Å². The lowest BCUT2D eigenvalue weighted by Crippen LogP contribution is -2.38. The lowest BCUT2D eigenvalue weighted by molar-refractivity contribution is -0.192. The molecule has 3 aromatic carbocycles. The van der Waals surface area contributed by atoms with Crippen LogP contribution in [0.3, 0.4) is 0 Å². The summed E-state index contributed by atoms with van der Waals surface area (Å²) in [5.41, 5.74) is 3.21. The first-order valence-corrected chi connectivity index (χ1v) is 17.0. The van der Waals surface area contributed by atoms with E-state index in [1.807, 2.05) is 18.2 Å². The molecule has 0 bridgehead atoms. The highest BCUT2D eigenvalue weighted by Crippen LogP contribution is 2.26. The van der Waals surface area contributed by atoms with Crippen molar-refractivity contribution in [2.75, 3.05) is 18.5 Å². The Morgan fingerprint density at radius 1 is 0.946 bits per heavy atom. The molecule has 0 aliphatic heterocycles. The summed E-state index contributed by atoms with van der Waals surface area (Å²) in [6, 6.07) is 20.0. The van der Waals surface area contributed by atoms with Gasteiger partial charge in [0.05, 0.1) is 36.7 Å². The summed E-state index contributed by atoms with van der Waals surface area (Å²) in [5.74, 6) is -4.54. The Morgan fingerprint density at radius 2 is 1.61 bits per heavy atom. The van der Waals surface area contributed by atoms with E-state index in [-0.39, 0.29) is 30.5 Å². The fourth-order valence-corrected chi connectivity index (χ4v) is 5.43. The van der Waals surface area contributed by atoms with Crippen LogP contribution in [0.2, 0.25) is 0 Å². The van der Waals surface area contributed by atoms with Gasteiger partial charge in [0.2, 0.25) is 6.08 Å². The number of aliphatic carboxylic acids is 1. The quantitative estimate of drug-likeness (QED) is 0.0728. The number of amides is 2. The number of nitrogens with one attached hydrogen (secondary N) is 1. The van der Waals surface area contributed by atoms with Crippen LogP contribution in [0.5, 0.6) is 0 Å². The number of anilines is 1. The van der Waals surface area contributed by atoms with E-state index in [0.717, 1.165) is 30.9 Å². The van der Waals surface area contributed by atoms with E-state index in [2.05, 4.69) is 15.3 Å². The third-order valence-corrected chi connectivity index (χ3v) is 8.03. The predicted octanol–water partition coefficient (Wildman–Crippen LogP) is 8.23. The molecule has 2 amide bonds. The SMILES string of the molecule is Cc1cccc(CO[C@H]2CCC[C@@H](OCCN(Cc3cccnc3)C(=O)Nc3cccc(F)c3)C2)c1C(=O)O.O=C(O)C(F)(F)F.O=C=Nc1cccc(F)c1. The van der Waals surface area contributed by atoms with Crippen LogP contribution in [0, 0.1) is 18.6 Å². The number of hydrogen-bond acceptors (Lipinski definition) is 8. The number of aromatic carboxylic acids is 1. The Kier molecular flexibility index (Phi) is 17.7. The van der Waals surface area contributed by atoms with Gasteiger partial charge in [-0.05, 0) is 85.7 Å². The van der Waals surface area contributed by atoms with Crippen LogP contribution in [0.15, 0.2) is 96.2 Å². The fraction of sp³-hybridized carbons (Fsp3) is 0.308. The molecule has 1 aromatic heterocycles. The molecular formula is C39H39F5N4O8. The second kappa shape index (κ2) is 22.4. The Labute approximate surface area is 318 Å². The third kappa shape index (κ3) is 15.8. The zero-order valence-electron chi connectivity index (χ0n) is 30.0. The number of pyridine rings is 1. The minimum atomic E-state index is -5.08. The summed E-state index contributed by atoms with van der Waals surface area (Å²) in [6.07, 6.45) is 2.98. The van der Waals surface area contributed by atoms with Crippen LogP contribution in [-0.4, -0.2) is 75.7 Å². The highest BCUT2D eigenvalue weighted by atomic mass is 19.4. The minimum Gasteiger partial charge on any atom is -0.478 e. The van der Waals surface area contributed by atoms with Gasteiger partial charge in [-0.2, -0.15) is 18.2 Å². The number of alkyl halides is 3. The van der Waals surface area contributed by atoms with Gasteiger partial charge in [0.1, 0.15) is 11.6 Å². The molecule has 1 aliphatic rings. The number of urea groups is 1. The summed E-state index contributed by atoms with van der Waals surface area (Å²) in [7, 11) is 0. The number of carboxylic acids is 2. The van der Waals surface area contributed by atoms with Crippen molar-refractivity contribution in [2.45, 2.75) is 64.1 Å².